The fourth-order valence-corrected chi connectivity index (χ4v) is 2.52. The summed E-state index contributed by atoms with van der Waals surface area (Å²) >= 11 is 3.24. The lowest BCUT2D eigenvalue weighted by Gasteiger charge is -2.11. The minimum atomic E-state index is -3.44. The highest BCUT2D eigenvalue weighted by Crippen LogP contribution is 2.14. The molecular weight excluding hydrogens is 316 g/mol. The van der Waals surface area contributed by atoms with Crippen LogP contribution in [0, 0.1) is 0 Å². The lowest BCUT2D eigenvalue weighted by Crippen LogP contribution is -2.37. The van der Waals surface area contributed by atoms with Crippen LogP contribution in [0.3, 0.4) is 0 Å². The summed E-state index contributed by atoms with van der Waals surface area (Å²) in [6, 6.07) is 6.17. The Hall–Kier alpha value is -0.140. The van der Waals surface area contributed by atoms with Crippen LogP contribution in [0.1, 0.15) is 6.92 Å². The maximum Gasteiger partial charge on any atom is 0.240 e. The summed E-state index contributed by atoms with van der Waals surface area (Å²) in [6.07, 6.45) is 0. The van der Waals surface area contributed by atoms with E-state index in [-0.39, 0.29) is 29.9 Å². The van der Waals surface area contributed by atoms with Crippen LogP contribution < -0.4 is 10.5 Å². The number of benzene rings is 1. The van der Waals surface area contributed by atoms with Crippen molar-refractivity contribution in [3.8, 4) is 0 Å². The molecule has 0 radical (unpaired) electrons. The zero-order valence-electron chi connectivity index (χ0n) is 8.68. The first-order chi connectivity index (χ1) is 6.95. The largest absolute Gasteiger partial charge is 0.329 e. The fraction of sp³-hybridized carbons (Fsp3) is 0.333. The van der Waals surface area contributed by atoms with Crippen molar-refractivity contribution in [1.29, 1.82) is 0 Å². The van der Waals surface area contributed by atoms with Gasteiger partial charge in [-0.1, -0.05) is 15.9 Å². The minimum Gasteiger partial charge on any atom is -0.329 e. The highest BCUT2D eigenvalue weighted by molar-refractivity contribution is 9.10. The van der Waals surface area contributed by atoms with E-state index in [1.807, 2.05) is 0 Å². The van der Waals surface area contributed by atoms with Gasteiger partial charge in [0.05, 0.1) is 4.90 Å². The molecule has 1 atom stereocenters. The average Bonchev–Trinajstić information content (AvgIpc) is 2.17. The molecule has 16 heavy (non-hydrogen) atoms. The fourth-order valence-electron chi connectivity index (χ4n) is 0.995. The zero-order valence-corrected chi connectivity index (χ0v) is 11.9. The third-order valence-corrected chi connectivity index (χ3v) is 3.97. The average molecular weight is 330 g/mol. The molecule has 0 aromatic heterocycles. The SMILES string of the molecule is C[C@H](CN)NS(=O)(=O)c1ccc(Br)cc1.Cl. The van der Waals surface area contributed by atoms with E-state index >= 15 is 0 Å². The number of rotatable bonds is 4. The highest BCUT2D eigenvalue weighted by Gasteiger charge is 2.15. The van der Waals surface area contributed by atoms with Crippen molar-refractivity contribution in [1.82, 2.24) is 4.72 Å². The van der Waals surface area contributed by atoms with E-state index in [1.54, 1.807) is 19.1 Å². The molecule has 0 unspecified atom stereocenters. The Balaban J connectivity index is 0.00000225. The molecule has 1 rings (SSSR count). The van der Waals surface area contributed by atoms with Gasteiger partial charge in [0, 0.05) is 17.1 Å². The van der Waals surface area contributed by atoms with Gasteiger partial charge in [-0.3, -0.25) is 0 Å². The Labute approximate surface area is 110 Å². The van der Waals surface area contributed by atoms with Crippen molar-refractivity contribution in [2.24, 2.45) is 5.73 Å². The van der Waals surface area contributed by atoms with Crippen LogP contribution in [0.4, 0.5) is 0 Å². The van der Waals surface area contributed by atoms with Gasteiger partial charge in [0.2, 0.25) is 10.0 Å². The molecule has 0 saturated carbocycles. The molecule has 0 amide bonds. The standard InChI is InChI=1S/C9H13BrN2O2S.ClH/c1-7(6-11)12-15(13,14)9-4-2-8(10)3-5-9;/h2-5,7,12H,6,11H2,1H3;1H/t7-;/m1./s1. The van der Waals surface area contributed by atoms with Gasteiger partial charge in [0.15, 0.2) is 0 Å². The summed E-state index contributed by atoms with van der Waals surface area (Å²) in [5, 5.41) is 0. The Morgan fingerprint density at radius 3 is 2.31 bits per heavy atom. The van der Waals surface area contributed by atoms with Gasteiger partial charge in [-0.25, -0.2) is 13.1 Å². The normalized spacial score (nSPS) is 12.9. The van der Waals surface area contributed by atoms with E-state index in [4.69, 9.17) is 5.73 Å². The maximum atomic E-state index is 11.7. The van der Waals surface area contributed by atoms with Crippen molar-refractivity contribution in [2.75, 3.05) is 6.54 Å². The molecule has 0 aliphatic heterocycles. The number of hydrogen-bond donors (Lipinski definition) is 2. The monoisotopic (exact) mass is 328 g/mol. The van der Waals surface area contributed by atoms with Gasteiger partial charge >= 0.3 is 0 Å². The molecule has 0 saturated heterocycles. The summed E-state index contributed by atoms with van der Waals surface area (Å²) in [5.74, 6) is 0. The first-order valence-electron chi connectivity index (χ1n) is 4.43. The zero-order chi connectivity index (χ0) is 11.5. The molecule has 0 spiro atoms. The van der Waals surface area contributed by atoms with Crippen LogP contribution in [0.15, 0.2) is 33.6 Å². The van der Waals surface area contributed by atoms with Gasteiger partial charge < -0.3 is 5.73 Å². The van der Waals surface area contributed by atoms with Crippen molar-refractivity contribution < 1.29 is 8.42 Å². The molecule has 4 nitrogen and oxygen atoms in total. The predicted octanol–water partition coefficient (Wildman–Crippen LogP) is 1.50. The lowest BCUT2D eigenvalue weighted by molar-refractivity contribution is 0.562. The Morgan fingerprint density at radius 2 is 1.88 bits per heavy atom. The van der Waals surface area contributed by atoms with Gasteiger partial charge in [-0.05, 0) is 31.2 Å². The quantitative estimate of drug-likeness (QED) is 0.879. The summed E-state index contributed by atoms with van der Waals surface area (Å²) < 4.78 is 26.8. The van der Waals surface area contributed by atoms with Gasteiger partial charge in [-0.2, -0.15) is 0 Å². The highest BCUT2D eigenvalue weighted by atomic mass is 79.9. The smallest absolute Gasteiger partial charge is 0.240 e. The third kappa shape index (κ3) is 4.39. The second-order valence-electron chi connectivity index (χ2n) is 3.21. The molecule has 0 aliphatic carbocycles. The number of nitrogens with two attached hydrogens (primary N) is 1. The molecule has 92 valence electrons. The topological polar surface area (TPSA) is 72.2 Å². The van der Waals surface area contributed by atoms with Crippen LogP contribution in [0.5, 0.6) is 0 Å². The van der Waals surface area contributed by atoms with Crippen LogP contribution >= 0.6 is 28.3 Å². The molecule has 1 aromatic carbocycles. The van der Waals surface area contributed by atoms with Crippen molar-refractivity contribution in [3.63, 3.8) is 0 Å². The van der Waals surface area contributed by atoms with Gasteiger partial charge in [0.25, 0.3) is 0 Å². The van der Waals surface area contributed by atoms with Crippen LogP contribution in [0.25, 0.3) is 0 Å². The van der Waals surface area contributed by atoms with E-state index in [9.17, 15) is 8.42 Å². The molecule has 0 fully saturated rings. The van der Waals surface area contributed by atoms with E-state index in [2.05, 4.69) is 20.7 Å². The van der Waals surface area contributed by atoms with Crippen LogP contribution in [0.2, 0.25) is 0 Å². The Kier molecular flexibility index (Phi) is 6.50. The molecule has 3 N–H and O–H groups in total. The minimum absolute atomic E-state index is 0. The lowest BCUT2D eigenvalue weighted by atomic mass is 10.4. The molecular formula is C9H14BrClN2O2S. The Morgan fingerprint density at radius 1 is 1.38 bits per heavy atom. The number of nitrogens with one attached hydrogen (secondary N) is 1. The van der Waals surface area contributed by atoms with Crippen molar-refractivity contribution in [3.05, 3.63) is 28.7 Å². The maximum absolute atomic E-state index is 11.7. The number of sulfonamides is 1. The number of halogens is 2. The second kappa shape index (κ2) is 6.56. The van der Waals surface area contributed by atoms with Crippen molar-refractivity contribution in [2.45, 2.75) is 17.9 Å². The second-order valence-corrected chi connectivity index (χ2v) is 5.84. The predicted molar refractivity (Wildman–Crippen MR) is 70.2 cm³/mol. The van der Waals surface area contributed by atoms with E-state index in [0.717, 1.165) is 4.47 Å². The van der Waals surface area contributed by atoms with E-state index < -0.39 is 10.0 Å². The summed E-state index contributed by atoms with van der Waals surface area (Å²) in [4.78, 5) is 0.242. The summed E-state index contributed by atoms with van der Waals surface area (Å²) in [5.41, 5.74) is 5.35. The van der Waals surface area contributed by atoms with Crippen LogP contribution in [-0.4, -0.2) is 21.0 Å². The summed E-state index contributed by atoms with van der Waals surface area (Å²) in [6.45, 7) is 1.99. The Bertz CT molecular complexity index is 422. The molecule has 0 heterocycles. The van der Waals surface area contributed by atoms with Crippen LogP contribution in [-0.2, 0) is 10.0 Å². The van der Waals surface area contributed by atoms with E-state index in [1.165, 1.54) is 12.1 Å². The van der Waals surface area contributed by atoms with Gasteiger partial charge in [0.1, 0.15) is 0 Å². The van der Waals surface area contributed by atoms with E-state index in [0.29, 0.717) is 0 Å². The van der Waals surface area contributed by atoms with Crippen molar-refractivity contribution >= 4 is 38.4 Å². The molecule has 0 aliphatic rings. The summed E-state index contributed by atoms with van der Waals surface area (Å²) in [7, 11) is -3.44. The first-order valence-corrected chi connectivity index (χ1v) is 6.71. The van der Waals surface area contributed by atoms with Gasteiger partial charge in [-0.15, -0.1) is 12.4 Å². The molecule has 7 heteroatoms. The third-order valence-electron chi connectivity index (χ3n) is 1.83. The molecule has 1 aromatic rings. The number of hydrogen-bond acceptors (Lipinski definition) is 3. The molecule has 0 bridgehead atoms. The first kappa shape index (κ1) is 15.9.